The van der Waals surface area contributed by atoms with Gasteiger partial charge in [0.05, 0.1) is 0 Å². The molecule has 3 aromatic carbocycles. The molecule has 0 atom stereocenters. The molecule has 0 spiro atoms. The Labute approximate surface area is 159 Å². The van der Waals surface area contributed by atoms with Crippen LogP contribution in [0.15, 0.2) is 94.7 Å². The number of Topliss-reactive ketones (excluding diaryl/α,β-unsaturated/α-hetero) is 1. The molecule has 0 unspecified atom stereocenters. The van der Waals surface area contributed by atoms with Gasteiger partial charge in [-0.2, -0.15) is 0 Å². The van der Waals surface area contributed by atoms with E-state index in [2.05, 4.69) is 0 Å². The Hall–Kier alpha value is -3.05. The maximum Gasteiger partial charge on any atom is 0.308 e. The van der Waals surface area contributed by atoms with Crippen molar-refractivity contribution in [1.29, 1.82) is 0 Å². The van der Waals surface area contributed by atoms with Gasteiger partial charge in [0.1, 0.15) is 5.75 Å². The predicted octanol–water partition coefficient (Wildman–Crippen LogP) is 4.41. The second-order valence-corrected chi connectivity index (χ2v) is 8.57. The first-order valence-corrected chi connectivity index (χ1v) is 10.2. The summed E-state index contributed by atoms with van der Waals surface area (Å²) in [6.07, 6.45) is 0. The highest BCUT2D eigenvalue weighted by molar-refractivity contribution is 8.03. The Morgan fingerprint density at radius 2 is 1.26 bits per heavy atom. The Balaban J connectivity index is 1.92. The zero-order valence-electron chi connectivity index (χ0n) is 14.8. The zero-order chi connectivity index (χ0) is 19.3. The van der Waals surface area contributed by atoms with Crippen molar-refractivity contribution in [2.45, 2.75) is 16.7 Å². The standard InChI is InChI=1S/C22H19O4S/c1-17(23)26-19-14-12-18(13-15-19)22(24)16-27(25,20-8-4-2-5-9-20)21-10-6-3-7-11-21/h2-15H,16H2,1H3/q+1. The average molecular weight is 379 g/mol. The lowest BCUT2D eigenvalue weighted by atomic mass is 10.1. The fraction of sp³-hybridized carbons (Fsp3) is 0.0909. The van der Waals surface area contributed by atoms with Gasteiger partial charge in [0.15, 0.2) is 25.5 Å². The van der Waals surface area contributed by atoms with Crippen LogP contribution in [0.2, 0.25) is 0 Å². The molecule has 0 bridgehead atoms. The fourth-order valence-corrected chi connectivity index (χ4v) is 5.06. The summed E-state index contributed by atoms with van der Waals surface area (Å²) in [7, 11) is -2.76. The van der Waals surface area contributed by atoms with Crippen molar-refractivity contribution < 1.29 is 18.5 Å². The first kappa shape index (κ1) is 18.7. The highest BCUT2D eigenvalue weighted by Gasteiger charge is 2.37. The topological polar surface area (TPSA) is 60.4 Å². The van der Waals surface area contributed by atoms with Gasteiger partial charge in [-0.3, -0.25) is 9.59 Å². The number of ether oxygens (including phenoxy) is 1. The van der Waals surface area contributed by atoms with Crippen LogP contribution in [0, 0.1) is 0 Å². The third-order valence-corrected chi connectivity index (χ3v) is 6.76. The van der Waals surface area contributed by atoms with Gasteiger partial charge in [-0.1, -0.05) is 40.6 Å². The van der Waals surface area contributed by atoms with E-state index in [0.717, 1.165) is 0 Å². The van der Waals surface area contributed by atoms with E-state index in [1.807, 2.05) is 36.4 Å². The van der Waals surface area contributed by atoms with E-state index in [0.29, 0.717) is 21.1 Å². The highest BCUT2D eigenvalue weighted by Crippen LogP contribution is 2.30. The molecule has 136 valence electrons. The minimum Gasteiger partial charge on any atom is -0.427 e. The number of ketones is 1. The fourth-order valence-electron chi connectivity index (χ4n) is 2.73. The molecule has 0 aliphatic rings. The van der Waals surface area contributed by atoms with Crippen LogP contribution in [0.4, 0.5) is 0 Å². The van der Waals surface area contributed by atoms with Gasteiger partial charge in [-0.15, -0.1) is 0 Å². The van der Waals surface area contributed by atoms with Gasteiger partial charge in [0.2, 0.25) is 5.78 Å². The van der Waals surface area contributed by atoms with E-state index in [9.17, 15) is 13.8 Å². The molecular formula is C22H19O4S+. The van der Waals surface area contributed by atoms with Gasteiger partial charge >= 0.3 is 5.97 Å². The minimum absolute atomic E-state index is 0.131. The lowest BCUT2D eigenvalue weighted by Gasteiger charge is -2.12. The van der Waals surface area contributed by atoms with E-state index in [4.69, 9.17) is 4.74 Å². The van der Waals surface area contributed by atoms with Gasteiger partial charge in [0.25, 0.3) is 0 Å². The second-order valence-electron chi connectivity index (χ2n) is 5.99. The molecule has 0 aliphatic carbocycles. The molecule has 0 saturated heterocycles. The van der Waals surface area contributed by atoms with Crippen LogP contribution in [0.5, 0.6) is 5.75 Å². The third kappa shape index (κ3) is 4.38. The quantitative estimate of drug-likeness (QED) is 0.275. The van der Waals surface area contributed by atoms with Crippen LogP contribution >= 0.6 is 0 Å². The molecular weight excluding hydrogens is 360 g/mol. The van der Waals surface area contributed by atoms with E-state index < -0.39 is 15.9 Å². The molecule has 27 heavy (non-hydrogen) atoms. The maximum absolute atomic E-state index is 13.9. The molecule has 0 N–H and O–H groups in total. The second kappa shape index (κ2) is 8.10. The van der Waals surface area contributed by atoms with Crippen molar-refractivity contribution in [3.8, 4) is 5.75 Å². The molecule has 0 aromatic heterocycles. The monoisotopic (exact) mass is 379 g/mol. The molecule has 3 aromatic rings. The average Bonchev–Trinajstić information content (AvgIpc) is 2.69. The van der Waals surface area contributed by atoms with E-state index in [1.54, 1.807) is 48.5 Å². The number of hydrogen-bond donors (Lipinski definition) is 0. The van der Waals surface area contributed by atoms with Crippen LogP contribution in [-0.4, -0.2) is 17.5 Å². The lowest BCUT2D eigenvalue weighted by Crippen LogP contribution is -2.23. The smallest absolute Gasteiger partial charge is 0.308 e. The minimum atomic E-state index is -2.76. The number of hydrogen-bond acceptors (Lipinski definition) is 4. The summed E-state index contributed by atoms with van der Waals surface area (Å²) in [5, 5.41) is 0. The summed E-state index contributed by atoms with van der Waals surface area (Å²) in [5.74, 6) is -0.424. The number of carbonyl (C=O) groups is 2. The van der Waals surface area contributed by atoms with E-state index in [-0.39, 0.29) is 11.5 Å². The van der Waals surface area contributed by atoms with Crippen molar-refractivity contribution in [3.63, 3.8) is 0 Å². The number of benzene rings is 3. The van der Waals surface area contributed by atoms with Gasteiger partial charge in [-0.05, 0) is 48.5 Å². The molecule has 3 rings (SSSR count). The first-order valence-electron chi connectivity index (χ1n) is 8.43. The predicted molar refractivity (Wildman–Crippen MR) is 104 cm³/mol. The maximum atomic E-state index is 13.9. The lowest BCUT2D eigenvalue weighted by molar-refractivity contribution is -0.131. The molecule has 0 radical (unpaired) electrons. The van der Waals surface area contributed by atoms with E-state index in [1.165, 1.54) is 6.92 Å². The van der Waals surface area contributed by atoms with Crippen molar-refractivity contribution in [3.05, 3.63) is 90.5 Å². The molecule has 0 amide bonds. The number of esters is 1. The first-order chi connectivity index (χ1) is 13.0. The SMILES string of the molecule is CC(=O)Oc1ccc(C(=O)C[S+](=O)(c2ccccc2)c2ccccc2)cc1. The molecule has 5 heteroatoms. The molecule has 0 saturated carbocycles. The summed E-state index contributed by atoms with van der Waals surface area (Å²) >= 11 is 0. The van der Waals surface area contributed by atoms with Crippen molar-refractivity contribution in [2.75, 3.05) is 5.75 Å². The van der Waals surface area contributed by atoms with Gasteiger partial charge in [0, 0.05) is 12.5 Å². The van der Waals surface area contributed by atoms with Crippen LogP contribution in [0.1, 0.15) is 17.3 Å². The van der Waals surface area contributed by atoms with Crippen molar-refractivity contribution in [1.82, 2.24) is 0 Å². The van der Waals surface area contributed by atoms with Crippen LogP contribution < -0.4 is 4.74 Å². The summed E-state index contributed by atoms with van der Waals surface area (Å²) in [4.78, 5) is 25.1. The zero-order valence-corrected chi connectivity index (χ0v) is 15.6. The summed E-state index contributed by atoms with van der Waals surface area (Å²) < 4.78 is 18.9. The Kier molecular flexibility index (Phi) is 5.62. The highest BCUT2D eigenvalue weighted by atomic mass is 32.2. The Morgan fingerprint density at radius 3 is 1.70 bits per heavy atom. The van der Waals surface area contributed by atoms with Crippen LogP contribution in [0.3, 0.4) is 0 Å². The largest absolute Gasteiger partial charge is 0.427 e. The van der Waals surface area contributed by atoms with Crippen molar-refractivity contribution in [2.24, 2.45) is 0 Å². The van der Waals surface area contributed by atoms with E-state index >= 15 is 0 Å². The normalized spacial score (nSPS) is 11.0. The molecule has 0 heterocycles. The Bertz CT molecular complexity index is 936. The number of carbonyl (C=O) groups excluding carboxylic acids is 2. The molecule has 4 nitrogen and oxygen atoms in total. The van der Waals surface area contributed by atoms with Gasteiger partial charge < -0.3 is 4.74 Å². The summed E-state index contributed by atoms with van der Waals surface area (Å²) in [6.45, 7) is 1.31. The molecule has 0 fully saturated rings. The summed E-state index contributed by atoms with van der Waals surface area (Å²) in [6, 6.07) is 24.4. The number of rotatable bonds is 6. The van der Waals surface area contributed by atoms with Crippen molar-refractivity contribution >= 4 is 21.7 Å². The Morgan fingerprint density at radius 1 is 0.778 bits per heavy atom. The van der Waals surface area contributed by atoms with Crippen LogP contribution in [0.25, 0.3) is 0 Å². The third-order valence-electron chi connectivity index (χ3n) is 4.02. The summed E-state index contributed by atoms with van der Waals surface area (Å²) in [5.41, 5.74) is 0.422. The van der Waals surface area contributed by atoms with Gasteiger partial charge in [-0.25, -0.2) is 0 Å². The van der Waals surface area contributed by atoms with Crippen LogP contribution in [-0.2, 0) is 18.9 Å². The molecule has 0 aliphatic heterocycles.